The van der Waals surface area contributed by atoms with E-state index in [1.165, 1.54) is 15.4 Å². The Morgan fingerprint density at radius 3 is 2.91 bits per heavy atom. The normalized spacial score (nSPS) is 25.8. The van der Waals surface area contributed by atoms with Crippen molar-refractivity contribution in [1.29, 1.82) is 0 Å². The molecule has 2 atom stereocenters. The molecule has 1 N–H and O–H groups in total. The third-order valence-electron chi connectivity index (χ3n) is 4.64. The smallest absolute Gasteiger partial charge is 0.230 e. The summed E-state index contributed by atoms with van der Waals surface area (Å²) in [4.78, 5) is 18.3. The van der Waals surface area contributed by atoms with Crippen LogP contribution in [0.2, 0.25) is 0 Å². The summed E-state index contributed by atoms with van der Waals surface area (Å²) in [6.45, 7) is 3.02. The molecule has 1 aromatic heterocycles. The molecule has 2 aliphatic rings. The molecule has 1 amide bonds. The van der Waals surface area contributed by atoms with Crippen LogP contribution in [-0.4, -0.2) is 43.0 Å². The van der Waals surface area contributed by atoms with Crippen molar-refractivity contribution < 1.29 is 13.2 Å². The molecule has 0 aromatic carbocycles. The zero-order chi connectivity index (χ0) is 16.6. The molecule has 1 fully saturated rings. The molecule has 2 heterocycles. The van der Waals surface area contributed by atoms with Gasteiger partial charge in [-0.2, -0.15) is 0 Å². The van der Waals surface area contributed by atoms with E-state index >= 15 is 0 Å². The number of carbonyl (C=O) groups is 1. The van der Waals surface area contributed by atoms with Gasteiger partial charge in [0.15, 0.2) is 5.13 Å². The molecule has 1 aromatic rings. The van der Waals surface area contributed by atoms with Crippen LogP contribution in [0.25, 0.3) is 0 Å². The highest BCUT2D eigenvalue weighted by Gasteiger charge is 2.31. The Morgan fingerprint density at radius 1 is 1.39 bits per heavy atom. The van der Waals surface area contributed by atoms with E-state index in [1.807, 2.05) is 0 Å². The highest BCUT2D eigenvalue weighted by atomic mass is 32.2. The number of rotatable bonds is 3. The van der Waals surface area contributed by atoms with Crippen LogP contribution < -0.4 is 5.32 Å². The van der Waals surface area contributed by atoms with Gasteiger partial charge in [0, 0.05) is 18.0 Å². The summed E-state index contributed by atoms with van der Waals surface area (Å²) in [6.07, 6.45) is 5.80. The fourth-order valence-electron chi connectivity index (χ4n) is 3.26. The van der Waals surface area contributed by atoms with Crippen molar-refractivity contribution in [3.05, 3.63) is 10.6 Å². The topological polar surface area (TPSA) is 79.4 Å². The van der Waals surface area contributed by atoms with Crippen LogP contribution in [0.4, 0.5) is 5.13 Å². The third-order valence-corrected chi connectivity index (χ3v) is 6.95. The average molecular weight is 358 g/mol. The molecule has 1 aliphatic heterocycles. The minimum atomic E-state index is -3.23. The standard InChI is InChI=1S/C15H23N3O3S2/c1-10-5-6-12-13(8-10)22-15(16-12)17-14(19)11-4-3-7-18(9-11)23(2,20)21/h10-11H,3-9H2,1-2H3,(H,16,17,19)/t10-,11-/m1/s1. The van der Waals surface area contributed by atoms with Gasteiger partial charge >= 0.3 is 0 Å². The van der Waals surface area contributed by atoms with E-state index in [0.29, 0.717) is 17.6 Å². The van der Waals surface area contributed by atoms with E-state index in [1.54, 1.807) is 11.3 Å². The first-order valence-electron chi connectivity index (χ1n) is 8.07. The number of carbonyl (C=O) groups excluding carboxylic acids is 1. The summed E-state index contributed by atoms with van der Waals surface area (Å²) in [6, 6.07) is 0. The van der Waals surface area contributed by atoms with E-state index < -0.39 is 10.0 Å². The summed E-state index contributed by atoms with van der Waals surface area (Å²) in [5, 5.41) is 3.56. The Labute approximate surface area is 141 Å². The molecular weight excluding hydrogens is 334 g/mol. The lowest BCUT2D eigenvalue weighted by Crippen LogP contribution is -2.43. The maximum Gasteiger partial charge on any atom is 0.230 e. The molecule has 6 nitrogen and oxygen atoms in total. The lowest BCUT2D eigenvalue weighted by molar-refractivity contribution is -0.120. The summed E-state index contributed by atoms with van der Waals surface area (Å²) < 4.78 is 24.7. The average Bonchev–Trinajstić information content (AvgIpc) is 2.87. The number of fused-ring (bicyclic) bond motifs is 1. The Kier molecular flexibility index (Phi) is 4.75. The van der Waals surface area contributed by atoms with Gasteiger partial charge in [-0.05, 0) is 38.0 Å². The number of aromatic nitrogens is 1. The molecule has 0 spiro atoms. The SMILES string of the molecule is C[C@@H]1CCc2nc(NC(=O)[C@@H]3CCCN(S(C)(=O)=O)C3)sc2C1. The monoisotopic (exact) mass is 357 g/mol. The molecule has 0 radical (unpaired) electrons. The summed E-state index contributed by atoms with van der Waals surface area (Å²) in [5.41, 5.74) is 1.12. The fraction of sp³-hybridized carbons (Fsp3) is 0.733. The van der Waals surface area contributed by atoms with Crippen molar-refractivity contribution in [2.45, 2.75) is 39.0 Å². The van der Waals surface area contributed by atoms with Crippen LogP contribution in [0, 0.1) is 11.8 Å². The fourth-order valence-corrected chi connectivity index (χ4v) is 5.34. The zero-order valence-electron chi connectivity index (χ0n) is 13.5. The number of aryl methyl sites for hydroxylation is 1. The molecule has 1 saturated heterocycles. The van der Waals surface area contributed by atoms with Gasteiger partial charge in [0.25, 0.3) is 0 Å². The molecule has 1 aliphatic carbocycles. The van der Waals surface area contributed by atoms with E-state index in [9.17, 15) is 13.2 Å². The van der Waals surface area contributed by atoms with Crippen LogP contribution in [0.1, 0.15) is 36.8 Å². The van der Waals surface area contributed by atoms with Crippen molar-refractivity contribution in [2.24, 2.45) is 11.8 Å². The Morgan fingerprint density at radius 2 is 2.17 bits per heavy atom. The highest BCUT2D eigenvalue weighted by Crippen LogP contribution is 2.32. The second kappa shape index (κ2) is 6.49. The molecule has 0 bridgehead atoms. The predicted octanol–water partition coefficient (Wildman–Crippen LogP) is 1.88. The molecule has 0 unspecified atom stereocenters. The van der Waals surface area contributed by atoms with Crippen LogP contribution >= 0.6 is 11.3 Å². The Bertz CT molecular complexity index is 699. The van der Waals surface area contributed by atoms with Gasteiger partial charge in [-0.25, -0.2) is 17.7 Å². The van der Waals surface area contributed by atoms with Gasteiger partial charge in [0.05, 0.1) is 17.9 Å². The largest absolute Gasteiger partial charge is 0.302 e. The summed E-state index contributed by atoms with van der Waals surface area (Å²) in [7, 11) is -3.23. The molecule has 8 heteroatoms. The van der Waals surface area contributed by atoms with E-state index in [0.717, 1.165) is 37.8 Å². The highest BCUT2D eigenvalue weighted by molar-refractivity contribution is 7.88. The molecule has 23 heavy (non-hydrogen) atoms. The van der Waals surface area contributed by atoms with E-state index in [2.05, 4.69) is 17.2 Å². The summed E-state index contributed by atoms with van der Waals surface area (Å²) >= 11 is 1.56. The minimum Gasteiger partial charge on any atom is -0.302 e. The van der Waals surface area contributed by atoms with Crippen LogP contribution in [-0.2, 0) is 27.7 Å². The summed E-state index contributed by atoms with van der Waals surface area (Å²) in [5.74, 6) is 0.268. The zero-order valence-corrected chi connectivity index (χ0v) is 15.2. The van der Waals surface area contributed by atoms with Gasteiger partial charge in [0.1, 0.15) is 0 Å². The Hall–Kier alpha value is -0.990. The van der Waals surface area contributed by atoms with Gasteiger partial charge in [-0.3, -0.25) is 4.79 Å². The minimum absolute atomic E-state index is 0.113. The number of sulfonamides is 1. The van der Waals surface area contributed by atoms with Crippen molar-refractivity contribution in [1.82, 2.24) is 9.29 Å². The van der Waals surface area contributed by atoms with Crippen molar-refractivity contribution in [3.63, 3.8) is 0 Å². The number of hydrogen-bond donors (Lipinski definition) is 1. The second-order valence-corrected chi connectivity index (χ2v) is 9.75. The van der Waals surface area contributed by atoms with Crippen LogP contribution in [0.5, 0.6) is 0 Å². The maximum atomic E-state index is 12.5. The van der Waals surface area contributed by atoms with Gasteiger partial charge in [-0.1, -0.05) is 6.92 Å². The number of thiazole rings is 1. The van der Waals surface area contributed by atoms with Gasteiger partial charge < -0.3 is 5.32 Å². The van der Waals surface area contributed by atoms with E-state index in [4.69, 9.17) is 0 Å². The van der Waals surface area contributed by atoms with Crippen LogP contribution in [0.15, 0.2) is 0 Å². The lowest BCUT2D eigenvalue weighted by atomic mass is 9.93. The van der Waals surface area contributed by atoms with Gasteiger partial charge in [0.2, 0.25) is 15.9 Å². The first kappa shape index (κ1) is 16.9. The maximum absolute atomic E-state index is 12.5. The molecule has 128 valence electrons. The second-order valence-electron chi connectivity index (χ2n) is 6.69. The van der Waals surface area contributed by atoms with Crippen molar-refractivity contribution in [3.8, 4) is 0 Å². The molecule has 3 rings (SSSR count). The van der Waals surface area contributed by atoms with Crippen molar-refractivity contribution >= 4 is 32.4 Å². The number of nitrogens with one attached hydrogen (secondary N) is 1. The molecular formula is C15H23N3O3S2. The quantitative estimate of drug-likeness (QED) is 0.896. The number of anilines is 1. The first-order valence-corrected chi connectivity index (χ1v) is 10.7. The van der Waals surface area contributed by atoms with E-state index in [-0.39, 0.29) is 18.4 Å². The molecule has 0 saturated carbocycles. The van der Waals surface area contributed by atoms with Crippen LogP contribution in [0.3, 0.4) is 0 Å². The first-order chi connectivity index (χ1) is 10.8. The number of piperidine rings is 1. The number of hydrogen-bond acceptors (Lipinski definition) is 5. The third kappa shape index (κ3) is 3.92. The van der Waals surface area contributed by atoms with Gasteiger partial charge in [-0.15, -0.1) is 11.3 Å². The van der Waals surface area contributed by atoms with Crippen molar-refractivity contribution in [2.75, 3.05) is 24.7 Å². The number of nitrogens with zero attached hydrogens (tertiary/aromatic N) is 2. The number of amides is 1. The Balaban J connectivity index is 1.65. The predicted molar refractivity (Wildman–Crippen MR) is 91.1 cm³/mol. The lowest BCUT2D eigenvalue weighted by Gasteiger charge is -2.29.